The fourth-order valence-electron chi connectivity index (χ4n) is 3.00. The lowest BCUT2D eigenvalue weighted by atomic mass is 9.64. The van der Waals surface area contributed by atoms with Crippen LogP contribution < -0.4 is 16.1 Å². The molecule has 0 amide bonds. The second-order valence-corrected chi connectivity index (χ2v) is 6.33. The number of nitrogens with zero attached hydrogens (tertiary/aromatic N) is 3. The smallest absolute Gasteiger partial charge is 0.526 e. The molecule has 0 spiro atoms. The summed E-state index contributed by atoms with van der Waals surface area (Å²) >= 11 is 0. The monoisotopic (exact) mass is 357 g/mol. The quantitative estimate of drug-likeness (QED) is 0.477. The van der Waals surface area contributed by atoms with Crippen molar-refractivity contribution in [3.05, 3.63) is 41.2 Å². The van der Waals surface area contributed by atoms with E-state index in [0.717, 1.165) is 5.56 Å². The molecule has 9 nitrogen and oxygen atoms in total. The Balaban J connectivity index is 1.73. The molecule has 3 rings (SSSR count). The normalized spacial score (nSPS) is 17.4. The Morgan fingerprint density at radius 2 is 2.27 bits per heavy atom. The number of benzene rings is 1. The molecule has 2 heterocycles. The number of aromatic nitrogens is 3. The van der Waals surface area contributed by atoms with Crippen molar-refractivity contribution in [1.29, 1.82) is 0 Å². The molecule has 0 bridgehead atoms. The van der Waals surface area contributed by atoms with Gasteiger partial charge >= 0.3 is 7.12 Å². The molecule has 0 radical (unpaired) electrons. The molecule has 0 saturated carbocycles. The zero-order valence-electron chi connectivity index (χ0n) is 14.3. The van der Waals surface area contributed by atoms with E-state index in [0.29, 0.717) is 23.4 Å². The molecule has 0 saturated heterocycles. The maximum Gasteiger partial charge on any atom is 0.526 e. The number of para-hydroxylation sites is 1. The predicted molar refractivity (Wildman–Crippen MR) is 93.3 cm³/mol. The van der Waals surface area contributed by atoms with E-state index in [2.05, 4.69) is 10.3 Å². The van der Waals surface area contributed by atoms with Crippen molar-refractivity contribution in [1.82, 2.24) is 15.0 Å². The Morgan fingerprint density at radius 1 is 1.50 bits per heavy atom. The first-order chi connectivity index (χ1) is 12.4. The van der Waals surface area contributed by atoms with Crippen LogP contribution in [0.4, 0.5) is 0 Å². The third kappa shape index (κ3) is 3.52. The summed E-state index contributed by atoms with van der Waals surface area (Å²) in [6, 6.07) is 5.22. The second kappa shape index (κ2) is 7.36. The summed E-state index contributed by atoms with van der Waals surface area (Å²) < 4.78 is 6.79. The van der Waals surface area contributed by atoms with E-state index in [4.69, 9.17) is 16.1 Å². The van der Waals surface area contributed by atoms with Crippen LogP contribution in [0.5, 0.6) is 5.75 Å². The highest BCUT2D eigenvalue weighted by atomic mass is 16.5. The second-order valence-electron chi connectivity index (χ2n) is 6.33. The minimum absolute atomic E-state index is 0.00386. The third-order valence-electron chi connectivity index (χ3n) is 4.44. The number of hydrogen-bond donors (Lipinski definition) is 3. The van der Waals surface area contributed by atoms with Gasteiger partial charge < -0.3 is 21.1 Å². The number of fused-ring (bicyclic) bond motifs is 1. The van der Waals surface area contributed by atoms with E-state index in [1.54, 1.807) is 12.1 Å². The average Bonchev–Trinajstić information content (AvgIpc) is 3.10. The zero-order valence-corrected chi connectivity index (χ0v) is 14.3. The van der Waals surface area contributed by atoms with Crippen LogP contribution in [0.3, 0.4) is 0 Å². The average molecular weight is 357 g/mol. The van der Waals surface area contributed by atoms with Crippen molar-refractivity contribution in [2.75, 3.05) is 0 Å². The van der Waals surface area contributed by atoms with Crippen LogP contribution in [-0.4, -0.2) is 38.7 Å². The van der Waals surface area contributed by atoms with Crippen molar-refractivity contribution < 1.29 is 19.3 Å². The Hall–Kier alpha value is -2.56. The molecular weight excluding hydrogens is 337 g/mol. The molecule has 5 N–H and O–H groups in total. The van der Waals surface area contributed by atoms with Gasteiger partial charge in [0.25, 0.3) is 0 Å². The largest absolute Gasteiger partial charge is 0.535 e. The highest BCUT2D eigenvalue weighted by Crippen LogP contribution is 2.36. The van der Waals surface area contributed by atoms with E-state index < -0.39 is 19.1 Å². The lowest BCUT2D eigenvalue weighted by Gasteiger charge is -2.28. The number of nitrogens with two attached hydrogens (primary N) is 2. The van der Waals surface area contributed by atoms with Crippen molar-refractivity contribution in [3.63, 3.8) is 0 Å². The first kappa shape index (κ1) is 18.2. The molecule has 136 valence electrons. The van der Waals surface area contributed by atoms with Gasteiger partial charge in [-0.15, -0.1) is 5.10 Å². The highest BCUT2D eigenvalue weighted by molar-refractivity contribution is 6.47. The molecule has 0 aliphatic carbocycles. The van der Waals surface area contributed by atoms with Gasteiger partial charge in [-0.3, -0.25) is 9.59 Å². The summed E-state index contributed by atoms with van der Waals surface area (Å²) in [6.07, 6.45) is 0.913. The fourth-order valence-corrected chi connectivity index (χ4v) is 3.00. The Morgan fingerprint density at radius 3 is 2.92 bits per heavy atom. The Labute approximate surface area is 150 Å². The van der Waals surface area contributed by atoms with Crippen LogP contribution in [0.1, 0.15) is 41.1 Å². The van der Waals surface area contributed by atoms with Gasteiger partial charge in [0.1, 0.15) is 5.75 Å². The highest BCUT2D eigenvalue weighted by Gasteiger charge is 2.38. The van der Waals surface area contributed by atoms with Crippen LogP contribution in [0.2, 0.25) is 5.82 Å². The molecule has 1 aromatic heterocycles. The molecule has 2 atom stereocenters. The van der Waals surface area contributed by atoms with Gasteiger partial charge in [0, 0.05) is 18.8 Å². The summed E-state index contributed by atoms with van der Waals surface area (Å²) in [5.41, 5.74) is 13.1. The summed E-state index contributed by atoms with van der Waals surface area (Å²) in [5, 5.41) is 17.9. The van der Waals surface area contributed by atoms with Crippen LogP contribution >= 0.6 is 0 Å². The lowest BCUT2D eigenvalue weighted by molar-refractivity contribution is -0.122. The van der Waals surface area contributed by atoms with Crippen LogP contribution in [0.15, 0.2) is 24.4 Å². The number of carbonyl (C=O) groups is 2. The molecule has 1 aliphatic rings. The summed E-state index contributed by atoms with van der Waals surface area (Å²) in [4.78, 5) is 24.2. The zero-order chi connectivity index (χ0) is 18.8. The topological polar surface area (TPSA) is 146 Å². The maximum absolute atomic E-state index is 12.5. The van der Waals surface area contributed by atoms with Gasteiger partial charge in [0.05, 0.1) is 17.5 Å². The predicted octanol–water partition coefficient (Wildman–Crippen LogP) is -0.158. The molecule has 26 heavy (non-hydrogen) atoms. The molecule has 2 aromatic rings. The number of carbonyl (C=O) groups excluding carboxylic acids is 2. The molecule has 10 heteroatoms. The number of Topliss-reactive ketones (excluding diaryl/α,β-unsaturated/α-hetero) is 2. The molecule has 1 aliphatic heterocycles. The minimum Gasteiger partial charge on any atom is -0.535 e. The fraction of sp³-hybridized carbons (Fsp3) is 0.375. The van der Waals surface area contributed by atoms with Crippen molar-refractivity contribution in [2.45, 2.75) is 38.3 Å². The van der Waals surface area contributed by atoms with Gasteiger partial charge in [-0.2, -0.15) is 0 Å². The van der Waals surface area contributed by atoms with E-state index in [9.17, 15) is 14.6 Å². The van der Waals surface area contributed by atoms with Crippen LogP contribution in [0, 0.1) is 0 Å². The first-order valence-electron chi connectivity index (χ1n) is 8.27. The van der Waals surface area contributed by atoms with Crippen LogP contribution in [0.25, 0.3) is 0 Å². The molecule has 1 aromatic carbocycles. The molecular formula is C16H20BN5O4. The summed E-state index contributed by atoms with van der Waals surface area (Å²) in [6.45, 7) is 1.64. The van der Waals surface area contributed by atoms with E-state index in [1.807, 2.05) is 6.07 Å². The van der Waals surface area contributed by atoms with Gasteiger partial charge in [0.15, 0.2) is 17.7 Å². The van der Waals surface area contributed by atoms with Gasteiger partial charge in [-0.25, -0.2) is 4.68 Å². The van der Waals surface area contributed by atoms with E-state index in [1.165, 1.54) is 17.8 Å². The molecule has 0 unspecified atom stereocenters. The van der Waals surface area contributed by atoms with Crippen molar-refractivity contribution in [2.24, 2.45) is 11.5 Å². The summed E-state index contributed by atoms with van der Waals surface area (Å²) in [5.74, 6) is -0.546. The van der Waals surface area contributed by atoms with Gasteiger partial charge in [-0.05, 0) is 25.0 Å². The molecule has 0 fully saturated rings. The first-order valence-corrected chi connectivity index (χ1v) is 8.27. The standard InChI is InChI=1S/C16H20BN5O4/c1-9(23)13-4-2-3-10-5-11(17(25)26-15(10)13)6-14(24)16(19)22-8-12(7-18)20-21-22/h2-4,8,11,16,25H,5-7,18-19H2,1H3/t11-,16+/m1/s1. The van der Waals surface area contributed by atoms with Crippen molar-refractivity contribution in [3.8, 4) is 5.75 Å². The maximum atomic E-state index is 12.5. The Kier molecular flexibility index (Phi) is 5.17. The number of hydrogen-bond acceptors (Lipinski definition) is 8. The number of ketones is 2. The van der Waals surface area contributed by atoms with Gasteiger partial charge in [-0.1, -0.05) is 17.3 Å². The van der Waals surface area contributed by atoms with E-state index >= 15 is 0 Å². The van der Waals surface area contributed by atoms with E-state index in [-0.39, 0.29) is 24.5 Å². The third-order valence-corrected chi connectivity index (χ3v) is 4.44. The lowest BCUT2D eigenvalue weighted by Crippen LogP contribution is -2.38. The SMILES string of the molecule is CC(=O)c1cccc2c1OB(O)[C@@H](CC(=O)[C@@H](N)n1cc(CN)nn1)C2. The van der Waals surface area contributed by atoms with Gasteiger partial charge in [0.2, 0.25) is 0 Å². The van der Waals surface area contributed by atoms with Crippen molar-refractivity contribution >= 4 is 18.7 Å². The number of rotatable bonds is 6. The van der Waals surface area contributed by atoms with Crippen LogP contribution in [-0.2, 0) is 17.8 Å². The minimum atomic E-state index is -1.20. The summed E-state index contributed by atoms with van der Waals surface area (Å²) in [7, 11) is -1.20. The Bertz CT molecular complexity index is 840.